The second kappa shape index (κ2) is 25.7. The van der Waals surface area contributed by atoms with E-state index in [2.05, 4.69) is 26.1 Å². The fourth-order valence-electron chi connectivity index (χ4n) is 2.93. The second-order valence-corrected chi connectivity index (χ2v) is 7.18. The first kappa shape index (κ1) is 26.7. The number of rotatable bonds is 18. The van der Waals surface area contributed by atoms with Gasteiger partial charge in [-0.3, -0.25) is 0 Å². The van der Waals surface area contributed by atoms with Crippen LogP contribution in [0.3, 0.4) is 0 Å². The number of carbonyl (C=O) groups is 1. The molecule has 3 nitrogen and oxygen atoms in total. The molecule has 0 rings (SSSR count). The third-order valence-electron chi connectivity index (χ3n) is 4.56. The van der Waals surface area contributed by atoms with E-state index in [0.717, 1.165) is 12.8 Å². The van der Waals surface area contributed by atoms with Crippen molar-refractivity contribution in [2.45, 2.75) is 124 Å². The number of aliphatic carboxylic acids is 1. The smallest absolute Gasteiger partial charge is 0.0726 e. The minimum Gasteiger partial charge on any atom is -0.550 e. The molecule has 0 aromatic heterocycles. The van der Waals surface area contributed by atoms with Crippen molar-refractivity contribution in [1.82, 2.24) is 0 Å². The molecule has 0 radical (unpaired) electrons. The Morgan fingerprint density at radius 2 is 0.920 bits per heavy atom. The van der Waals surface area contributed by atoms with Crippen LogP contribution in [0.1, 0.15) is 124 Å². The van der Waals surface area contributed by atoms with Crippen molar-refractivity contribution in [2.75, 3.05) is 13.1 Å². The average molecular weight is 358 g/mol. The quantitative estimate of drug-likeness (QED) is 0.365. The van der Waals surface area contributed by atoms with E-state index < -0.39 is 5.97 Å². The average Bonchev–Trinajstić information content (AvgIpc) is 2.59. The fraction of sp³-hybridized carbons (Fsp3) is 0.955. The first-order chi connectivity index (χ1) is 12.2. The Hall–Kier alpha value is -0.570. The zero-order valence-corrected chi connectivity index (χ0v) is 17.6. The zero-order chi connectivity index (χ0) is 19.0. The van der Waals surface area contributed by atoms with Gasteiger partial charge in [0.2, 0.25) is 0 Å². The largest absolute Gasteiger partial charge is 0.550 e. The summed E-state index contributed by atoms with van der Waals surface area (Å²) in [5, 5.41) is 12.5. The van der Waals surface area contributed by atoms with Crippen LogP contribution in [0, 0.1) is 0 Å². The highest BCUT2D eigenvalue weighted by Gasteiger charge is 1.94. The van der Waals surface area contributed by atoms with Crippen LogP contribution in [-0.2, 0) is 4.79 Å². The van der Waals surface area contributed by atoms with Gasteiger partial charge in [0.1, 0.15) is 0 Å². The van der Waals surface area contributed by atoms with Crippen molar-refractivity contribution in [2.24, 2.45) is 0 Å². The molecule has 25 heavy (non-hydrogen) atoms. The maximum Gasteiger partial charge on any atom is 0.0726 e. The first-order valence-electron chi connectivity index (χ1n) is 11.2. The SMILES string of the molecule is CCCCCCCCCCCCCCCCCC(=O)[O-].CC[NH2+]CC. The summed E-state index contributed by atoms with van der Waals surface area (Å²) in [7, 11) is 0. The van der Waals surface area contributed by atoms with E-state index in [0.29, 0.717) is 0 Å². The number of quaternary nitrogens is 1. The molecule has 3 heteroatoms. The lowest BCUT2D eigenvalue weighted by atomic mass is 10.0. The highest BCUT2D eigenvalue weighted by molar-refractivity contribution is 5.63. The highest BCUT2D eigenvalue weighted by Crippen LogP contribution is 2.13. The van der Waals surface area contributed by atoms with Gasteiger partial charge >= 0.3 is 0 Å². The molecule has 0 aliphatic rings. The van der Waals surface area contributed by atoms with Gasteiger partial charge in [0, 0.05) is 5.97 Å². The molecule has 0 heterocycles. The van der Waals surface area contributed by atoms with Gasteiger partial charge in [0.05, 0.1) is 13.1 Å². The van der Waals surface area contributed by atoms with Crippen molar-refractivity contribution >= 4 is 5.97 Å². The van der Waals surface area contributed by atoms with Gasteiger partial charge in [-0.25, -0.2) is 0 Å². The van der Waals surface area contributed by atoms with Crippen molar-refractivity contribution in [3.05, 3.63) is 0 Å². The molecule has 152 valence electrons. The van der Waals surface area contributed by atoms with Crippen LogP contribution in [0.2, 0.25) is 0 Å². The molecule has 0 bridgehead atoms. The number of hydrogen-bond donors (Lipinski definition) is 1. The van der Waals surface area contributed by atoms with E-state index in [1.54, 1.807) is 0 Å². The topological polar surface area (TPSA) is 56.7 Å². The van der Waals surface area contributed by atoms with E-state index >= 15 is 0 Å². The van der Waals surface area contributed by atoms with Crippen molar-refractivity contribution in [1.29, 1.82) is 0 Å². The number of unbranched alkanes of at least 4 members (excludes halogenated alkanes) is 14. The molecule has 0 spiro atoms. The molecule has 0 aliphatic heterocycles. The predicted molar refractivity (Wildman–Crippen MR) is 108 cm³/mol. The third-order valence-corrected chi connectivity index (χ3v) is 4.56. The van der Waals surface area contributed by atoms with Gasteiger partial charge in [-0.2, -0.15) is 0 Å². The highest BCUT2D eigenvalue weighted by atomic mass is 16.4. The summed E-state index contributed by atoms with van der Waals surface area (Å²) in [6.07, 6.45) is 19.9. The molecule has 0 aromatic carbocycles. The maximum atomic E-state index is 10.2. The van der Waals surface area contributed by atoms with E-state index in [-0.39, 0.29) is 6.42 Å². The summed E-state index contributed by atoms with van der Waals surface area (Å²) in [6.45, 7) is 9.02. The second-order valence-electron chi connectivity index (χ2n) is 7.18. The Morgan fingerprint density at radius 1 is 0.600 bits per heavy atom. The summed E-state index contributed by atoms with van der Waals surface area (Å²) >= 11 is 0. The Morgan fingerprint density at radius 3 is 1.16 bits per heavy atom. The molecule has 0 atom stereocenters. The Labute approximate surface area is 158 Å². The van der Waals surface area contributed by atoms with Gasteiger partial charge in [0.25, 0.3) is 0 Å². The van der Waals surface area contributed by atoms with Gasteiger partial charge in [-0.05, 0) is 26.7 Å². The predicted octanol–water partition coefficient (Wildman–Crippen LogP) is 4.59. The molecular weight excluding hydrogens is 310 g/mol. The monoisotopic (exact) mass is 357 g/mol. The summed E-state index contributed by atoms with van der Waals surface area (Å²) in [5.74, 6) is -0.903. The van der Waals surface area contributed by atoms with E-state index in [9.17, 15) is 9.90 Å². The molecule has 0 amide bonds. The summed E-state index contributed by atoms with van der Waals surface area (Å²) in [6, 6.07) is 0. The summed E-state index contributed by atoms with van der Waals surface area (Å²) in [4.78, 5) is 10.2. The Bertz CT molecular complexity index is 242. The third kappa shape index (κ3) is 31.7. The summed E-state index contributed by atoms with van der Waals surface area (Å²) < 4.78 is 0. The lowest BCUT2D eigenvalue weighted by molar-refractivity contribution is -0.648. The van der Waals surface area contributed by atoms with Crippen molar-refractivity contribution in [3.8, 4) is 0 Å². The van der Waals surface area contributed by atoms with Crippen LogP contribution in [0.5, 0.6) is 0 Å². The molecule has 0 unspecified atom stereocenters. The Balaban J connectivity index is 0. The molecule has 2 N–H and O–H groups in total. The lowest BCUT2D eigenvalue weighted by Gasteiger charge is -2.04. The van der Waals surface area contributed by atoms with Gasteiger partial charge in [0.15, 0.2) is 0 Å². The summed E-state index contributed by atoms with van der Waals surface area (Å²) in [5.41, 5.74) is 0. The van der Waals surface area contributed by atoms with Crippen LogP contribution in [0.4, 0.5) is 0 Å². The van der Waals surface area contributed by atoms with E-state index in [1.807, 2.05) is 0 Å². The molecule has 0 aliphatic carbocycles. The molecule has 0 saturated heterocycles. The number of hydrogen-bond acceptors (Lipinski definition) is 2. The standard InChI is InChI=1S/C18H36O2.C4H11N/c1-2-3-4-5-6-7-8-9-10-11-12-13-14-15-16-17-18(19)20;1-3-5-4-2/h2-17H2,1H3,(H,19,20);5H,3-4H2,1-2H3. The van der Waals surface area contributed by atoms with Crippen LogP contribution in [0.25, 0.3) is 0 Å². The minimum absolute atomic E-state index is 0.234. The lowest BCUT2D eigenvalue weighted by Crippen LogP contribution is -2.82. The molecule has 0 aromatic rings. The van der Waals surface area contributed by atoms with Gasteiger partial charge < -0.3 is 15.2 Å². The maximum absolute atomic E-state index is 10.2. The van der Waals surface area contributed by atoms with Crippen LogP contribution in [-0.4, -0.2) is 19.1 Å². The number of carboxylic acid groups (broad SMARTS) is 1. The fourth-order valence-corrected chi connectivity index (χ4v) is 2.93. The van der Waals surface area contributed by atoms with Crippen molar-refractivity contribution in [3.63, 3.8) is 0 Å². The number of carbonyl (C=O) groups excluding carboxylic acids is 1. The number of nitrogens with two attached hydrogens (primary N) is 1. The first-order valence-corrected chi connectivity index (χ1v) is 11.2. The molecule has 0 saturated carbocycles. The minimum atomic E-state index is -0.903. The van der Waals surface area contributed by atoms with Crippen molar-refractivity contribution < 1.29 is 15.2 Å². The van der Waals surface area contributed by atoms with E-state index in [1.165, 1.54) is 96.6 Å². The number of carboxylic acids is 1. The van der Waals surface area contributed by atoms with Gasteiger partial charge in [-0.1, -0.05) is 96.8 Å². The van der Waals surface area contributed by atoms with E-state index in [4.69, 9.17) is 0 Å². The van der Waals surface area contributed by atoms with Crippen LogP contribution < -0.4 is 10.4 Å². The molecule has 0 fully saturated rings. The zero-order valence-electron chi connectivity index (χ0n) is 17.6. The molecular formula is C22H47NO2. The normalized spacial score (nSPS) is 10.4. The van der Waals surface area contributed by atoms with Crippen LogP contribution in [0.15, 0.2) is 0 Å². The van der Waals surface area contributed by atoms with Crippen LogP contribution >= 0.6 is 0 Å². The Kier molecular flexibility index (Phi) is 27.4. The van der Waals surface area contributed by atoms with Gasteiger partial charge in [-0.15, -0.1) is 0 Å².